The van der Waals surface area contributed by atoms with Gasteiger partial charge >= 0.3 is 11.9 Å². The van der Waals surface area contributed by atoms with E-state index < -0.39 is 11.9 Å². The zero-order valence-corrected chi connectivity index (χ0v) is 17.1. The summed E-state index contributed by atoms with van der Waals surface area (Å²) in [6, 6.07) is 12.1. The molecule has 1 aliphatic rings. The normalized spacial score (nSPS) is 13.9. The molecule has 30 heavy (non-hydrogen) atoms. The fourth-order valence-electron chi connectivity index (χ4n) is 3.15. The van der Waals surface area contributed by atoms with E-state index in [2.05, 4.69) is 9.88 Å². The topological polar surface area (TPSA) is 107 Å². The molecule has 1 fully saturated rings. The van der Waals surface area contributed by atoms with Crippen molar-refractivity contribution in [2.45, 2.75) is 0 Å². The zero-order chi connectivity index (χ0) is 21.1. The van der Waals surface area contributed by atoms with Gasteiger partial charge in [-0.1, -0.05) is 23.4 Å². The highest BCUT2D eigenvalue weighted by Gasteiger charge is 2.25. The smallest absolute Gasteiger partial charge is 0.393 e. The molecule has 156 valence electrons. The first-order valence-corrected chi connectivity index (χ1v) is 10.1. The van der Waals surface area contributed by atoms with Crippen LogP contribution in [0.1, 0.15) is 20.2 Å². The van der Waals surface area contributed by atoms with Gasteiger partial charge in [-0.3, -0.25) is 4.79 Å². The van der Waals surface area contributed by atoms with Crippen molar-refractivity contribution < 1.29 is 23.9 Å². The lowest BCUT2D eigenvalue weighted by Crippen LogP contribution is -2.39. The molecule has 2 heterocycles. The monoisotopic (exact) mass is 428 g/mol. The lowest BCUT2D eigenvalue weighted by atomic mass is 10.2. The minimum atomic E-state index is -0.821. The van der Waals surface area contributed by atoms with Crippen LogP contribution in [0.4, 0.5) is 5.69 Å². The highest BCUT2D eigenvalue weighted by molar-refractivity contribution is 7.20. The molecule has 1 aromatic heterocycles. The average Bonchev–Trinajstić information content (AvgIpc) is 3.25. The molecule has 2 aromatic carbocycles. The Hall–Kier alpha value is -3.21. The number of rotatable bonds is 4. The molecule has 2 N–H and O–H groups in total. The summed E-state index contributed by atoms with van der Waals surface area (Å²) >= 11 is 1.16. The number of aromatic nitrogens is 1. The molecular formula is C20H20N4O5S. The predicted molar refractivity (Wildman–Crippen MR) is 111 cm³/mol. The van der Waals surface area contributed by atoms with Crippen molar-refractivity contribution in [2.75, 3.05) is 38.3 Å². The Morgan fingerprint density at radius 1 is 1.17 bits per heavy atom. The molecule has 0 radical (unpaired) electrons. The van der Waals surface area contributed by atoms with Crippen molar-refractivity contribution in [1.82, 2.24) is 10.2 Å². The van der Waals surface area contributed by atoms with Crippen LogP contribution in [0.2, 0.25) is 0 Å². The SMILES string of the molecule is COc1ccc(N2CCOCC2)c2sc(C(=O)ON(N)C(=O)c3ccccc3)nc12. The van der Waals surface area contributed by atoms with Gasteiger partial charge in [0.2, 0.25) is 5.01 Å². The second kappa shape index (κ2) is 8.66. The van der Waals surface area contributed by atoms with Gasteiger partial charge in [0.15, 0.2) is 0 Å². The molecule has 0 saturated carbocycles. The van der Waals surface area contributed by atoms with Crippen LogP contribution < -0.4 is 15.5 Å². The van der Waals surface area contributed by atoms with Gasteiger partial charge in [0.05, 0.1) is 30.7 Å². The predicted octanol–water partition coefficient (Wildman–Crippen LogP) is 2.23. The van der Waals surface area contributed by atoms with Gasteiger partial charge in [0.25, 0.3) is 0 Å². The Morgan fingerprint density at radius 2 is 1.90 bits per heavy atom. The van der Waals surface area contributed by atoms with Gasteiger partial charge < -0.3 is 19.2 Å². The Bertz CT molecular complexity index is 1070. The van der Waals surface area contributed by atoms with Gasteiger partial charge in [0.1, 0.15) is 11.3 Å². The summed E-state index contributed by atoms with van der Waals surface area (Å²) in [4.78, 5) is 36.5. The van der Waals surface area contributed by atoms with Crippen LogP contribution in [0.3, 0.4) is 0 Å². The third kappa shape index (κ3) is 3.92. The fourth-order valence-corrected chi connectivity index (χ4v) is 4.15. The van der Waals surface area contributed by atoms with Crippen molar-refractivity contribution in [3.05, 3.63) is 53.0 Å². The van der Waals surface area contributed by atoms with Crippen molar-refractivity contribution in [3.8, 4) is 5.75 Å². The van der Waals surface area contributed by atoms with Crippen LogP contribution >= 0.6 is 11.3 Å². The molecule has 0 unspecified atom stereocenters. The third-order valence-corrected chi connectivity index (χ3v) is 5.69. The molecule has 1 saturated heterocycles. The highest BCUT2D eigenvalue weighted by atomic mass is 32.1. The minimum absolute atomic E-state index is 0.0697. The van der Waals surface area contributed by atoms with E-state index in [-0.39, 0.29) is 5.01 Å². The van der Waals surface area contributed by atoms with E-state index in [1.165, 1.54) is 0 Å². The van der Waals surface area contributed by atoms with E-state index in [1.54, 1.807) is 37.4 Å². The number of hydrogen-bond donors (Lipinski definition) is 1. The fraction of sp³-hybridized carbons (Fsp3) is 0.250. The van der Waals surface area contributed by atoms with E-state index in [0.29, 0.717) is 35.2 Å². The van der Waals surface area contributed by atoms with Crippen molar-refractivity contribution in [1.29, 1.82) is 0 Å². The maximum atomic E-state index is 12.6. The molecular weight excluding hydrogens is 408 g/mol. The third-order valence-electron chi connectivity index (χ3n) is 4.63. The number of carbonyl (C=O) groups excluding carboxylic acids is 2. The number of hydrazine groups is 1. The van der Waals surface area contributed by atoms with Crippen LogP contribution in [-0.2, 0) is 9.57 Å². The van der Waals surface area contributed by atoms with Gasteiger partial charge in [-0.2, -0.15) is 0 Å². The van der Waals surface area contributed by atoms with E-state index in [9.17, 15) is 9.59 Å². The Morgan fingerprint density at radius 3 is 2.60 bits per heavy atom. The second-order valence-corrected chi connectivity index (χ2v) is 7.46. The van der Waals surface area contributed by atoms with Gasteiger partial charge in [-0.15, -0.1) is 11.3 Å². The summed E-state index contributed by atoms with van der Waals surface area (Å²) < 4.78 is 11.6. The molecule has 9 nitrogen and oxygen atoms in total. The summed E-state index contributed by atoms with van der Waals surface area (Å²) in [6.07, 6.45) is 0. The van der Waals surface area contributed by atoms with Crippen molar-refractivity contribution in [3.63, 3.8) is 0 Å². The maximum Gasteiger partial charge on any atom is 0.393 e. The molecule has 3 aromatic rings. The summed E-state index contributed by atoms with van der Waals surface area (Å²) in [5.74, 6) is 4.74. The van der Waals surface area contributed by atoms with Crippen LogP contribution in [0.25, 0.3) is 10.2 Å². The highest BCUT2D eigenvalue weighted by Crippen LogP contribution is 2.38. The number of nitrogens with two attached hydrogens (primary N) is 1. The first-order chi connectivity index (χ1) is 14.6. The second-order valence-electron chi connectivity index (χ2n) is 6.46. The first kappa shape index (κ1) is 20.1. The average molecular weight is 428 g/mol. The first-order valence-electron chi connectivity index (χ1n) is 9.25. The standard InChI is InChI=1S/C20H20N4O5S/c1-27-15-8-7-14(23-9-11-28-12-10-23)17-16(15)22-18(30-17)20(26)29-24(21)19(25)13-5-3-2-4-6-13/h2-8H,9-12,21H2,1H3. The Kier molecular flexibility index (Phi) is 5.79. The molecule has 1 aliphatic heterocycles. The quantitative estimate of drug-likeness (QED) is 0.383. The van der Waals surface area contributed by atoms with E-state index >= 15 is 0 Å². The summed E-state index contributed by atoms with van der Waals surface area (Å²) in [5, 5.41) is 0.490. The van der Waals surface area contributed by atoms with Crippen LogP contribution in [0.5, 0.6) is 5.75 Å². The summed E-state index contributed by atoms with van der Waals surface area (Å²) in [5.41, 5.74) is 1.79. The Balaban J connectivity index is 1.60. The number of thiazole rings is 1. The van der Waals surface area contributed by atoms with Crippen LogP contribution in [0, 0.1) is 0 Å². The number of ether oxygens (including phenoxy) is 2. The number of benzene rings is 2. The van der Waals surface area contributed by atoms with Gasteiger partial charge in [0, 0.05) is 18.7 Å². The van der Waals surface area contributed by atoms with E-state index in [4.69, 9.17) is 20.2 Å². The number of carbonyl (C=O) groups is 2. The number of morpholine rings is 1. The number of hydrogen-bond acceptors (Lipinski definition) is 9. The molecule has 0 spiro atoms. The lowest BCUT2D eigenvalue weighted by Gasteiger charge is -2.29. The molecule has 4 rings (SSSR count). The van der Waals surface area contributed by atoms with Crippen LogP contribution in [-0.4, -0.2) is 55.4 Å². The molecule has 0 aliphatic carbocycles. The number of nitrogens with zero attached hydrogens (tertiary/aromatic N) is 3. The minimum Gasteiger partial charge on any atom is -0.494 e. The number of anilines is 1. The molecule has 0 bridgehead atoms. The number of methoxy groups -OCH3 is 1. The van der Waals surface area contributed by atoms with Crippen molar-refractivity contribution >= 4 is 39.1 Å². The molecule has 1 amide bonds. The number of amides is 1. The van der Waals surface area contributed by atoms with Gasteiger partial charge in [-0.05, 0) is 24.3 Å². The number of hydroxylamine groups is 1. The van der Waals surface area contributed by atoms with E-state index in [1.807, 2.05) is 12.1 Å². The largest absolute Gasteiger partial charge is 0.494 e. The molecule has 10 heteroatoms. The lowest BCUT2D eigenvalue weighted by molar-refractivity contribution is -0.0828. The maximum absolute atomic E-state index is 12.6. The molecule has 0 atom stereocenters. The Labute approximate surface area is 176 Å². The number of fused-ring (bicyclic) bond motifs is 1. The van der Waals surface area contributed by atoms with Crippen LogP contribution in [0.15, 0.2) is 42.5 Å². The summed E-state index contributed by atoms with van der Waals surface area (Å²) in [6.45, 7) is 2.73. The zero-order valence-electron chi connectivity index (χ0n) is 16.2. The van der Waals surface area contributed by atoms with Gasteiger partial charge in [-0.25, -0.2) is 15.6 Å². The van der Waals surface area contributed by atoms with Crippen molar-refractivity contribution in [2.24, 2.45) is 5.84 Å². The van der Waals surface area contributed by atoms with E-state index in [0.717, 1.165) is 34.8 Å². The summed E-state index contributed by atoms with van der Waals surface area (Å²) in [7, 11) is 1.54.